The Morgan fingerprint density at radius 2 is 2.06 bits per heavy atom. The summed E-state index contributed by atoms with van der Waals surface area (Å²) in [5.41, 5.74) is 1.59. The summed E-state index contributed by atoms with van der Waals surface area (Å²) in [6.45, 7) is 6.12. The van der Waals surface area contributed by atoms with E-state index in [1.807, 2.05) is 25.7 Å². The summed E-state index contributed by atoms with van der Waals surface area (Å²) in [4.78, 5) is 14.4. The first-order valence-electron chi connectivity index (χ1n) is 6.30. The number of carbonyl (C=O) groups is 1. The van der Waals surface area contributed by atoms with Crippen molar-refractivity contribution >= 4 is 5.91 Å². The van der Waals surface area contributed by atoms with Crippen LogP contribution in [0.4, 0.5) is 0 Å². The average Bonchev–Trinajstić information content (AvgIpc) is 3.10. The van der Waals surface area contributed by atoms with Gasteiger partial charge in [0, 0.05) is 18.2 Å². The Morgan fingerprint density at radius 3 is 2.50 bits per heavy atom. The number of furan rings is 1. The molecule has 1 aromatic rings. The van der Waals surface area contributed by atoms with E-state index in [1.54, 1.807) is 0 Å². The highest BCUT2D eigenvalue weighted by Crippen LogP contribution is 2.31. The van der Waals surface area contributed by atoms with Crippen LogP contribution in [-0.4, -0.2) is 23.4 Å². The summed E-state index contributed by atoms with van der Waals surface area (Å²) in [6, 6.07) is 2.42. The highest BCUT2D eigenvalue weighted by atomic mass is 16.3. The van der Waals surface area contributed by atoms with Gasteiger partial charge in [-0.25, -0.2) is 0 Å². The summed E-state index contributed by atoms with van der Waals surface area (Å²) in [5, 5.41) is 8.68. The fourth-order valence-electron chi connectivity index (χ4n) is 2.26. The van der Waals surface area contributed by atoms with Crippen molar-refractivity contribution in [1.29, 1.82) is 5.26 Å². The number of rotatable bonds is 4. The predicted molar refractivity (Wildman–Crippen MR) is 67.2 cm³/mol. The summed E-state index contributed by atoms with van der Waals surface area (Å²) < 4.78 is 5.51. The molecule has 1 aliphatic rings. The molecule has 1 aromatic heterocycles. The van der Waals surface area contributed by atoms with Crippen molar-refractivity contribution in [2.45, 2.75) is 46.1 Å². The van der Waals surface area contributed by atoms with Crippen molar-refractivity contribution in [2.24, 2.45) is 0 Å². The molecule has 0 saturated heterocycles. The molecule has 0 unspecified atom stereocenters. The second-order valence-corrected chi connectivity index (χ2v) is 4.85. The first-order valence-corrected chi connectivity index (χ1v) is 6.30. The Hall–Kier alpha value is -1.76. The molecule has 0 atom stereocenters. The molecular weight excluding hydrogens is 228 g/mol. The number of hydrogen-bond acceptors (Lipinski definition) is 3. The number of aryl methyl sites for hydroxylation is 2. The molecule has 1 amide bonds. The van der Waals surface area contributed by atoms with Crippen molar-refractivity contribution in [3.63, 3.8) is 0 Å². The largest absolute Gasteiger partial charge is 0.466 e. The van der Waals surface area contributed by atoms with Gasteiger partial charge in [-0.2, -0.15) is 5.26 Å². The molecule has 18 heavy (non-hydrogen) atoms. The lowest BCUT2D eigenvalue weighted by molar-refractivity contribution is 0.0744. The zero-order chi connectivity index (χ0) is 13.3. The van der Waals surface area contributed by atoms with Gasteiger partial charge < -0.3 is 9.32 Å². The normalized spacial score (nSPS) is 14.3. The lowest BCUT2D eigenvalue weighted by Crippen LogP contribution is -2.34. The summed E-state index contributed by atoms with van der Waals surface area (Å²) in [5.74, 6) is 1.49. The number of nitriles is 1. The molecule has 4 heteroatoms. The molecule has 1 saturated carbocycles. The van der Waals surface area contributed by atoms with E-state index in [0.717, 1.165) is 24.2 Å². The van der Waals surface area contributed by atoms with Crippen LogP contribution >= 0.6 is 0 Å². The van der Waals surface area contributed by atoms with Gasteiger partial charge in [0.2, 0.25) is 0 Å². The molecule has 2 rings (SSSR count). The van der Waals surface area contributed by atoms with Gasteiger partial charge >= 0.3 is 0 Å². The van der Waals surface area contributed by atoms with Crippen molar-refractivity contribution in [3.8, 4) is 6.07 Å². The van der Waals surface area contributed by atoms with Gasteiger partial charge in [0.15, 0.2) is 0 Å². The fourth-order valence-corrected chi connectivity index (χ4v) is 2.26. The van der Waals surface area contributed by atoms with Crippen LogP contribution in [0.5, 0.6) is 0 Å². The Balaban J connectivity index is 2.25. The molecule has 0 N–H and O–H groups in total. The molecule has 1 aliphatic carbocycles. The maximum atomic E-state index is 12.5. The lowest BCUT2D eigenvalue weighted by atomic mass is 10.1. The number of hydrogen-bond donors (Lipinski definition) is 0. The zero-order valence-corrected chi connectivity index (χ0v) is 11.1. The SMILES string of the molecule is Cc1oc(C)c(C(=O)N(CCC#N)C2CC2)c1C. The minimum absolute atomic E-state index is 0.0135. The molecule has 0 aliphatic heterocycles. The van der Waals surface area contributed by atoms with Crippen molar-refractivity contribution < 1.29 is 9.21 Å². The van der Waals surface area contributed by atoms with Crippen LogP contribution in [-0.2, 0) is 0 Å². The highest BCUT2D eigenvalue weighted by Gasteiger charge is 2.34. The van der Waals surface area contributed by atoms with Gasteiger partial charge in [0.05, 0.1) is 18.1 Å². The predicted octanol–water partition coefficient (Wildman–Crippen LogP) is 2.72. The minimum atomic E-state index is 0.0135. The van der Waals surface area contributed by atoms with Crippen LogP contribution in [0.15, 0.2) is 4.42 Å². The quantitative estimate of drug-likeness (QED) is 0.820. The third-order valence-electron chi connectivity index (χ3n) is 3.49. The molecule has 96 valence electrons. The molecule has 4 nitrogen and oxygen atoms in total. The lowest BCUT2D eigenvalue weighted by Gasteiger charge is -2.21. The van der Waals surface area contributed by atoms with Crippen LogP contribution in [0.3, 0.4) is 0 Å². The van der Waals surface area contributed by atoms with Crippen LogP contribution in [0.25, 0.3) is 0 Å². The Morgan fingerprint density at radius 1 is 1.39 bits per heavy atom. The van der Waals surface area contributed by atoms with Crippen molar-refractivity contribution in [3.05, 3.63) is 22.6 Å². The summed E-state index contributed by atoms with van der Waals surface area (Å²) in [6.07, 6.45) is 2.48. The van der Waals surface area contributed by atoms with Gasteiger partial charge in [-0.15, -0.1) is 0 Å². The van der Waals surface area contributed by atoms with E-state index < -0.39 is 0 Å². The van der Waals surface area contributed by atoms with E-state index in [0.29, 0.717) is 30.3 Å². The minimum Gasteiger partial charge on any atom is -0.466 e. The first kappa shape index (κ1) is 12.7. The van der Waals surface area contributed by atoms with Crippen LogP contribution < -0.4 is 0 Å². The maximum Gasteiger partial charge on any atom is 0.257 e. The van der Waals surface area contributed by atoms with E-state index in [2.05, 4.69) is 6.07 Å². The van der Waals surface area contributed by atoms with Crippen molar-refractivity contribution in [1.82, 2.24) is 4.90 Å². The summed E-state index contributed by atoms with van der Waals surface area (Å²) >= 11 is 0. The van der Waals surface area contributed by atoms with Gasteiger partial charge in [0.25, 0.3) is 5.91 Å². The van der Waals surface area contributed by atoms with Gasteiger partial charge in [-0.1, -0.05) is 0 Å². The van der Waals surface area contributed by atoms with Gasteiger partial charge in [0.1, 0.15) is 11.5 Å². The Labute approximate surface area is 107 Å². The van der Waals surface area contributed by atoms with Crippen LogP contribution in [0.2, 0.25) is 0 Å². The maximum absolute atomic E-state index is 12.5. The molecule has 0 bridgehead atoms. The Kier molecular flexibility index (Phi) is 3.42. The monoisotopic (exact) mass is 246 g/mol. The van der Waals surface area contributed by atoms with E-state index in [1.165, 1.54) is 0 Å². The fraction of sp³-hybridized carbons (Fsp3) is 0.571. The van der Waals surface area contributed by atoms with E-state index in [-0.39, 0.29) is 5.91 Å². The van der Waals surface area contributed by atoms with E-state index >= 15 is 0 Å². The second kappa shape index (κ2) is 4.85. The highest BCUT2D eigenvalue weighted by molar-refractivity contribution is 5.97. The van der Waals surface area contributed by atoms with Gasteiger partial charge in [-0.3, -0.25) is 4.79 Å². The van der Waals surface area contributed by atoms with E-state index in [4.69, 9.17) is 9.68 Å². The average molecular weight is 246 g/mol. The molecule has 0 radical (unpaired) electrons. The van der Waals surface area contributed by atoms with Crippen LogP contribution in [0, 0.1) is 32.1 Å². The third kappa shape index (κ3) is 2.26. The smallest absolute Gasteiger partial charge is 0.257 e. The molecule has 0 aromatic carbocycles. The molecule has 1 heterocycles. The summed E-state index contributed by atoms with van der Waals surface area (Å²) in [7, 11) is 0. The van der Waals surface area contributed by atoms with Crippen LogP contribution in [0.1, 0.15) is 46.7 Å². The molecular formula is C14H18N2O2. The topological polar surface area (TPSA) is 57.2 Å². The van der Waals surface area contributed by atoms with Gasteiger partial charge in [-0.05, 0) is 33.6 Å². The van der Waals surface area contributed by atoms with E-state index in [9.17, 15) is 4.79 Å². The first-order chi connectivity index (χ1) is 8.56. The zero-order valence-electron chi connectivity index (χ0n) is 11.1. The Bertz CT molecular complexity index is 507. The third-order valence-corrected chi connectivity index (χ3v) is 3.49. The van der Waals surface area contributed by atoms with Crippen molar-refractivity contribution in [2.75, 3.05) is 6.54 Å². The molecule has 1 fully saturated rings. The second-order valence-electron chi connectivity index (χ2n) is 4.85. The number of carbonyl (C=O) groups excluding carboxylic acids is 1. The standard InChI is InChI=1S/C14H18N2O2/c1-9-10(2)18-11(3)13(9)14(17)16(8-4-7-15)12-5-6-12/h12H,4-6,8H2,1-3H3. The number of nitrogens with zero attached hydrogens (tertiary/aromatic N) is 2. The number of amides is 1. The molecule has 0 spiro atoms.